The van der Waals surface area contributed by atoms with Crippen LogP contribution in [-0.4, -0.2) is 41.1 Å². The monoisotopic (exact) mass is 248 g/mol. The molecule has 1 heterocycles. The Labute approximate surface area is 104 Å². The Morgan fingerprint density at radius 2 is 2.28 bits per heavy atom. The molecule has 4 nitrogen and oxygen atoms in total. The van der Waals surface area contributed by atoms with Crippen LogP contribution in [0, 0.1) is 5.82 Å². The Bertz CT molecular complexity index is 586. The van der Waals surface area contributed by atoms with E-state index in [0.717, 1.165) is 0 Å². The van der Waals surface area contributed by atoms with E-state index in [-0.39, 0.29) is 24.6 Å². The highest BCUT2D eigenvalue weighted by Gasteiger charge is 2.16. The molecular formula is C13H13FN2O2. The largest absolute Gasteiger partial charge is 0.395 e. The molecule has 0 spiro atoms. The first-order valence-electron chi connectivity index (χ1n) is 5.54. The summed E-state index contributed by atoms with van der Waals surface area (Å²) in [6, 6.07) is 5.90. The van der Waals surface area contributed by atoms with Gasteiger partial charge in [0.15, 0.2) is 0 Å². The molecule has 0 bridgehead atoms. The SMILES string of the molecule is CN(CCO)C(=O)c1cc(F)cc2cccnc12. The van der Waals surface area contributed by atoms with E-state index in [9.17, 15) is 9.18 Å². The average molecular weight is 248 g/mol. The number of likely N-dealkylation sites (N-methyl/N-ethyl adjacent to an activating group) is 1. The van der Waals surface area contributed by atoms with Crippen LogP contribution >= 0.6 is 0 Å². The first kappa shape index (κ1) is 12.4. The lowest BCUT2D eigenvalue weighted by molar-refractivity contribution is 0.0768. The van der Waals surface area contributed by atoms with Gasteiger partial charge in [-0.3, -0.25) is 9.78 Å². The molecule has 2 rings (SSSR count). The van der Waals surface area contributed by atoms with Crippen LogP contribution in [-0.2, 0) is 0 Å². The first-order chi connectivity index (χ1) is 8.63. The summed E-state index contributed by atoms with van der Waals surface area (Å²) in [7, 11) is 1.55. The molecule has 5 heteroatoms. The molecule has 0 atom stereocenters. The van der Waals surface area contributed by atoms with E-state index in [4.69, 9.17) is 5.11 Å². The fourth-order valence-electron chi connectivity index (χ4n) is 1.78. The topological polar surface area (TPSA) is 53.4 Å². The van der Waals surface area contributed by atoms with Gasteiger partial charge in [0.1, 0.15) is 5.82 Å². The van der Waals surface area contributed by atoms with Crippen molar-refractivity contribution in [2.75, 3.05) is 20.2 Å². The number of aliphatic hydroxyl groups is 1. The predicted molar refractivity (Wildman–Crippen MR) is 65.7 cm³/mol. The van der Waals surface area contributed by atoms with E-state index in [1.54, 1.807) is 25.4 Å². The Hall–Kier alpha value is -2.01. The standard InChI is InChI=1S/C13H13FN2O2/c1-16(5-6-17)13(18)11-8-10(14)7-9-3-2-4-15-12(9)11/h2-4,7-8,17H,5-6H2,1H3. The number of benzene rings is 1. The van der Waals surface area contributed by atoms with Crippen LogP contribution in [0.3, 0.4) is 0 Å². The van der Waals surface area contributed by atoms with Crippen molar-refractivity contribution in [1.82, 2.24) is 9.88 Å². The number of carbonyl (C=O) groups excluding carboxylic acids is 1. The van der Waals surface area contributed by atoms with Crippen LogP contribution in [0.2, 0.25) is 0 Å². The van der Waals surface area contributed by atoms with Crippen LogP contribution in [0.25, 0.3) is 10.9 Å². The molecule has 0 saturated heterocycles. The third-order valence-corrected chi connectivity index (χ3v) is 2.68. The van der Waals surface area contributed by atoms with Crippen molar-refractivity contribution in [1.29, 1.82) is 0 Å². The van der Waals surface area contributed by atoms with Crippen molar-refractivity contribution in [2.45, 2.75) is 0 Å². The van der Waals surface area contributed by atoms with Crippen molar-refractivity contribution < 1.29 is 14.3 Å². The molecule has 0 unspecified atom stereocenters. The van der Waals surface area contributed by atoms with Gasteiger partial charge in [-0.15, -0.1) is 0 Å². The summed E-state index contributed by atoms with van der Waals surface area (Å²) in [5.41, 5.74) is 0.676. The summed E-state index contributed by atoms with van der Waals surface area (Å²) in [4.78, 5) is 17.6. The van der Waals surface area contributed by atoms with Gasteiger partial charge in [0.05, 0.1) is 17.7 Å². The summed E-state index contributed by atoms with van der Waals surface area (Å²) >= 11 is 0. The van der Waals surface area contributed by atoms with Crippen molar-refractivity contribution in [3.63, 3.8) is 0 Å². The van der Waals surface area contributed by atoms with Gasteiger partial charge < -0.3 is 10.0 Å². The molecule has 0 radical (unpaired) electrons. The summed E-state index contributed by atoms with van der Waals surface area (Å²) < 4.78 is 13.5. The number of halogens is 1. The highest BCUT2D eigenvalue weighted by atomic mass is 19.1. The zero-order valence-electron chi connectivity index (χ0n) is 9.93. The van der Waals surface area contributed by atoms with Crippen molar-refractivity contribution >= 4 is 16.8 Å². The maximum atomic E-state index is 13.5. The zero-order chi connectivity index (χ0) is 13.1. The molecule has 18 heavy (non-hydrogen) atoms. The average Bonchev–Trinajstić information content (AvgIpc) is 2.37. The number of amides is 1. The molecule has 0 aliphatic heterocycles. The van der Waals surface area contributed by atoms with E-state index in [1.807, 2.05) is 0 Å². The molecule has 0 aliphatic rings. The minimum Gasteiger partial charge on any atom is -0.395 e. The van der Waals surface area contributed by atoms with Gasteiger partial charge >= 0.3 is 0 Å². The van der Waals surface area contributed by atoms with Crippen molar-refractivity contribution in [2.24, 2.45) is 0 Å². The molecule has 0 saturated carbocycles. The minimum absolute atomic E-state index is 0.136. The van der Waals surface area contributed by atoms with Crippen molar-refractivity contribution in [3.8, 4) is 0 Å². The molecule has 1 aromatic heterocycles. The molecule has 94 valence electrons. The first-order valence-corrected chi connectivity index (χ1v) is 5.54. The molecule has 1 N–H and O–H groups in total. The van der Waals surface area contributed by atoms with Gasteiger partial charge in [-0.2, -0.15) is 0 Å². The molecule has 1 amide bonds. The van der Waals surface area contributed by atoms with Crippen LogP contribution in [0.1, 0.15) is 10.4 Å². The summed E-state index contributed by atoms with van der Waals surface area (Å²) in [6.07, 6.45) is 1.56. The Kier molecular flexibility index (Phi) is 3.53. The molecule has 2 aromatic rings. The van der Waals surface area contributed by atoms with Crippen LogP contribution < -0.4 is 0 Å². The second-order valence-corrected chi connectivity index (χ2v) is 3.98. The van der Waals surface area contributed by atoms with E-state index in [0.29, 0.717) is 10.9 Å². The fourth-order valence-corrected chi connectivity index (χ4v) is 1.78. The molecule has 0 fully saturated rings. The number of pyridine rings is 1. The summed E-state index contributed by atoms with van der Waals surface area (Å²) in [5.74, 6) is -0.830. The van der Waals surface area contributed by atoms with Crippen molar-refractivity contribution in [3.05, 3.63) is 41.8 Å². The predicted octanol–water partition coefficient (Wildman–Crippen LogP) is 1.44. The Morgan fingerprint density at radius 1 is 1.50 bits per heavy atom. The van der Waals surface area contributed by atoms with Gasteiger partial charge in [0.2, 0.25) is 0 Å². The highest BCUT2D eigenvalue weighted by molar-refractivity contribution is 6.05. The number of aromatic nitrogens is 1. The third-order valence-electron chi connectivity index (χ3n) is 2.68. The summed E-state index contributed by atoms with van der Waals surface area (Å²) in [6.45, 7) is 0.0621. The Morgan fingerprint density at radius 3 is 3.00 bits per heavy atom. The van der Waals surface area contributed by atoms with E-state index in [2.05, 4.69) is 4.98 Å². The van der Waals surface area contributed by atoms with Crippen LogP contribution in [0.15, 0.2) is 30.5 Å². The number of hydrogen-bond acceptors (Lipinski definition) is 3. The Balaban J connectivity index is 2.53. The molecular weight excluding hydrogens is 235 g/mol. The lowest BCUT2D eigenvalue weighted by atomic mass is 10.1. The number of nitrogens with zero attached hydrogens (tertiary/aromatic N) is 2. The van der Waals surface area contributed by atoms with Gasteiger partial charge in [0.25, 0.3) is 5.91 Å². The van der Waals surface area contributed by atoms with E-state index < -0.39 is 5.82 Å². The van der Waals surface area contributed by atoms with Crippen LogP contribution in [0.4, 0.5) is 4.39 Å². The number of aliphatic hydroxyl groups excluding tert-OH is 1. The lowest BCUT2D eigenvalue weighted by Gasteiger charge is -2.16. The second kappa shape index (κ2) is 5.10. The number of rotatable bonds is 3. The number of fused-ring (bicyclic) bond motifs is 1. The van der Waals surface area contributed by atoms with Gasteiger partial charge in [0, 0.05) is 25.2 Å². The maximum Gasteiger partial charge on any atom is 0.255 e. The zero-order valence-corrected chi connectivity index (χ0v) is 9.93. The maximum absolute atomic E-state index is 13.5. The smallest absolute Gasteiger partial charge is 0.255 e. The normalized spacial score (nSPS) is 10.6. The second-order valence-electron chi connectivity index (χ2n) is 3.98. The number of hydrogen-bond donors (Lipinski definition) is 1. The molecule has 0 aliphatic carbocycles. The molecule has 1 aromatic carbocycles. The third kappa shape index (κ3) is 2.31. The quantitative estimate of drug-likeness (QED) is 0.894. The van der Waals surface area contributed by atoms with Crippen LogP contribution in [0.5, 0.6) is 0 Å². The van der Waals surface area contributed by atoms with Gasteiger partial charge in [-0.1, -0.05) is 6.07 Å². The van der Waals surface area contributed by atoms with E-state index in [1.165, 1.54) is 17.0 Å². The fraction of sp³-hybridized carbons (Fsp3) is 0.231. The van der Waals surface area contributed by atoms with Gasteiger partial charge in [-0.05, 0) is 18.2 Å². The number of carbonyl (C=O) groups is 1. The summed E-state index contributed by atoms with van der Waals surface area (Å²) in [5, 5.41) is 9.40. The van der Waals surface area contributed by atoms with Gasteiger partial charge in [-0.25, -0.2) is 4.39 Å². The van der Waals surface area contributed by atoms with E-state index >= 15 is 0 Å². The minimum atomic E-state index is -0.476. The lowest BCUT2D eigenvalue weighted by Crippen LogP contribution is -2.29. The highest BCUT2D eigenvalue weighted by Crippen LogP contribution is 2.19.